The SMILES string of the molecule is C=C(C)C(N=C=S)C1CCC2(C)CCCC(C)C12. The van der Waals surface area contributed by atoms with Crippen LogP contribution in [0.25, 0.3) is 0 Å². The number of thiocarbonyl (C=S) groups is 1. The van der Waals surface area contributed by atoms with E-state index < -0.39 is 0 Å². The summed E-state index contributed by atoms with van der Waals surface area (Å²) in [4.78, 5) is 4.43. The summed E-state index contributed by atoms with van der Waals surface area (Å²) in [7, 11) is 0. The molecule has 2 aliphatic carbocycles. The predicted octanol–water partition coefficient (Wildman–Crippen LogP) is 4.89. The number of nitrogens with zero attached hydrogens (tertiary/aromatic N) is 1. The van der Waals surface area contributed by atoms with Gasteiger partial charge >= 0.3 is 0 Å². The Labute approximate surface area is 117 Å². The molecule has 2 rings (SSSR count). The highest BCUT2D eigenvalue weighted by Crippen LogP contribution is 2.58. The van der Waals surface area contributed by atoms with Crippen molar-refractivity contribution in [1.82, 2.24) is 0 Å². The third kappa shape index (κ3) is 2.33. The lowest BCUT2D eigenvalue weighted by Crippen LogP contribution is -2.38. The maximum absolute atomic E-state index is 4.83. The van der Waals surface area contributed by atoms with Gasteiger partial charge in [-0.2, -0.15) is 0 Å². The van der Waals surface area contributed by atoms with E-state index in [-0.39, 0.29) is 6.04 Å². The molecule has 0 bridgehead atoms. The topological polar surface area (TPSA) is 12.4 Å². The van der Waals surface area contributed by atoms with E-state index in [0.29, 0.717) is 11.3 Å². The van der Waals surface area contributed by atoms with E-state index in [2.05, 4.69) is 37.5 Å². The predicted molar refractivity (Wildman–Crippen MR) is 81.0 cm³/mol. The van der Waals surface area contributed by atoms with Crippen LogP contribution in [0.3, 0.4) is 0 Å². The molecule has 1 nitrogen and oxygen atoms in total. The monoisotopic (exact) mass is 263 g/mol. The molecule has 18 heavy (non-hydrogen) atoms. The number of hydrogen-bond donors (Lipinski definition) is 0. The van der Waals surface area contributed by atoms with Gasteiger partial charge in [0, 0.05) is 0 Å². The second-order valence-corrected chi connectivity index (χ2v) is 6.95. The van der Waals surface area contributed by atoms with Crippen LogP contribution in [0.1, 0.15) is 52.9 Å². The molecule has 0 amide bonds. The Hall–Kier alpha value is -0.460. The number of rotatable bonds is 3. The molecule has 0 heterocycles. The van der Waals surface area contributed by atoms with Crippen molar-refractivity contribution < 1.29 is 0 Å². The Bertz CT molecular complexity index is 381. The molecule has 5 unspecified atom stereocenters. The van der Waals surface area contributed by atoms with Crippen molar-refractivity contribution in [2.24, 2.45) is 28.2 Å². The summed E-state index contributed by atoms with van der Waals surface area (Å²) in [5.74, 6) is 2.25. The van der Waals surface area contributed by atoms with Gasteiger partial charge in [-0.1, -0.05) is 38.8 Å². The van der Waals surface area contributed by atoms with Crippen LogP contribution in [0.4, 0.5) is 0 Å². The Kier molecular flexibility index (Phi) is 4.08. The normalized spacial score (nSPS) is 40.7. The van der Waals surface area contributed by atoms with Gasteiger partial charge in [0.1, 0.15) is 0 Å². The fourth-order valence-electron chi connectivity index (χ4n) is 4.75. The van der Waals surface area contributed by atoms with Gasteiger partial charge in [-0.15, -0.1) is 0 Å². The summed E-state index contributed by atoms with van der Waals surface area (Å²) in [6, 6.07) is 0.204. The molecule has 2 fully saturated rings. The molecule has 0 aliphatic heterocycles. The van der Waals surface area contributed by atoms with Gasteiger partial charge in [-0.3, -0.25) is 0 Å². The Morgan fingerprint density at radius 2 is 2.17 bits per heavy atom. The van der Waals surface area contributed by atoms with Crippen molar-refractivity contribution in [3.8, 4) is 0 Å². The molecule has 0 aromatic carbocycles. The zero-order valence-corrected chi connectivity index (χ0v) is 12.7. The smallest absolute Gasteiger partial charge is 0.0838 e. The average Bonchev–Trinajstić information content (AvgIpc) is 2.64. The molecule has 0 spiro atoms. The maximum atomic E-state index is 4.83. The van der Waals surface area contributed by atoms with Gasteiger partial charge in [-0.05, 0) is 61.6 Å². The van der Waals surface area contributed by atoms with Crippen LogP contribution < -0.4 is 0 Å². The summed E-state index contributed by atoms with van der Waals surface area (Å²) in [6.45, 7) is 11.1. The molecule has 2 heteroatoms. The van der Waals surface area contributed by atoms with E-state index in [1.54, 1.807) is 0 Å². The minimum atomic E-state index is 0.204. The lowest BCUT2D eigenvalue weighted by molar-refractivity contribution is 0.0665. The Morgan fingerprint density at radius 1 is 1.44 bits per heavy atom. The van der Waals surface area contributed by atoms with Crippen LogP contribution in [0.15, 0.2) is 17.1 Å². The zero-order valence-electron chi connectivity index (χ0n) is 11.9. The Balaban J connectivity index is 2.28. The highest BCUT2D eigenvalue weighted by atomic mass is 32.1. The fourth-order valence-corrected chi connectivity index (χ4v) is 4.86. The van der Waals surface area contributed by atoms with Crippen molar-refractivity contribution in [2.45, 2.75) is 58.9 Å². The van der Waals surface area contributed by atoms with Crippen molar-refractivity contribution >= 4 is 17.4 Å². The highest BCUT2D eigenvalue weighted by Gasteiger charge is 2.51. The highest BCUT2D eigenvalue weighted by molar-refractivity contribution is 7.78. The van der Waals surface area contributed by atoms with E-state index in [9.17, 15) is 0 Å². The maximum Gasteiger partial charge on any atom is 0.0838 e. The fraction of sp³-hybridized carbons (Fsp3) is 0.812. The van der Waals surface area contributed by atoms with Gasteiger partial charge in [0.05, 0.1) is 11.2 Å². The van der Waals surface area contributed by atoms with Crippen LogP contribution in [0.5, 0.6) is 0 Å². The number of aliphatic imine (C=N–C) groups is 1. The lowest BCUT2D eigenvalue weighted by atomic mass is 9.62. The van der Waals surface area contributed by atoms with Gasteiger partial charge in [0.25, 0.3) is 0 Å². The van der Waals surface area contributed by atoms with Gasteiger partial charge in [0.15, 0.2) is 0 Å². The minimum Gasteiger partial charge on any atom is -0.224 e. The van der Waals surface area contributed by atoms with Crippen molar-refractivity contribution in [3.05, 3.63) is 12.2 Å². The van der Waals surface area contributed by atoms with Gasteiger partial charge < -0.3 is 0 Å². The number of fused-ring (bicyclic) bond motifs is 1. The third-order valence-electron chi connectivity index (χ3n) is 5.44. The van der Waals surface area contributed by atoms with E-state index in [4.69, 9.17) is 12.2 Å². The van der Waals surface area contributed by atoms with Crippen LogP contribution >= 0.6 is 12.2 Å². The third-order valence-corrected chi connectivity index (χ3v) is 5.54. The standard InChI is InChI=1S/C16H25NS/c1-11(2)15(17-10-18)13-7-9-16(4)8-5-6-12(3)14(13)16/h12-15H,1,5-9H2,2-4H3. The summed E-state index contributed by atoms with van der Waals surface area (Å²) < 4.78 is 0. The molecule has 0 radical (unpaired) electrons. The number of isothiocyanates is 1. The Morgan fingerprint density at radius 3 is 2.78 bits per heavy atom. The summed E-state index contributed by atoms with van der Waals surface area (Å²) >= 11 is 4.83. The van der Waals surface area contributed by atoms with E-state index in [0.717, 1.165) is 17.4 Å². The van der Waals surface area contributed by atoms with Crippen LogP contribution in [-0.2, 0) is 0 Å². The molecule has 2 saturated carbocycles. The summed E-state index contributed by atoms with van der Waals surface area (Å²) in [5.41, 5.74) is 1.69. The van der Waals surface area contributed by atoms with Crippen LogP contribution in [-0.4, -0.2) is 11.2 Å². The molecule has 0 aromatic rings. The molecule has 5 atom stereocenters. The van der Waals surface area contributed by atoms with E-state index in [1.807, 2.05) is 0 Å². The molecule has 0 N–H and O–H groups in total. The molecule has 100 valence electrons. The van der Waals surface area contributed by atoms with Gasteiger partial charge in [-0.25, -0.2) is 4.99 Å². The summed E-state index contributed by atoms with van der Waals surface area (Å²) in [5, 5.41) is 2.60. The van der Waals surface area contributed by atoms with Crippen molar-refractivity contribution in [2.75, 3.05) is 0 Å². The molecular formula is C16H25NS. The molecule has 0 aromatic heterocycles. The largest absolute Gasteiger partial charge is 0.224 e. The van der Waals surface area contributed by atoms with Crippen molar-refractivity contribution in [1.29, 1.82) is 0 Å². The first-order valence-electron chi connectivity index (χ1n) is 7.22. The molecule has 0 saturated heterocycles. The first kappa shape index (κ1) is 14.0. The molecular weight excluding hydrogens is 238 g/mol. The quantitative estimate of drug-likeness (QED) is 0.401. The second kappa shape index (κ2) is 5.27. The van der Waals surface area contributed by atoms with Crippen LogP contribution in [0, 0.1) is 23.2 Å². The second-order valence-electron chi connectivity index (χ2n) is 6.76. The summed E-state index contributed by atoms with van der Waals surface area (Å²) in [6.07, 6.45) is 6.80. The van der Waals surface area contributed by atoms with Crippen LogP contribution in [0.2, 0.25) is 0 Å². The molecule has 2 aliphatic rings. The lowest BCUT2D eigenvalue weighted by Gasteiger charge is -2.44. The first-order chi connectivity index (χ1) is 8.49. The first-order valence-corrected chi connectivity index (χ1v) is 7.63. The van der Waals surface area contributed by atoms with Gasteiger partial charge in [0.2, 0.25) is 0 Å². The van der Waals surface area contributed by atoms with E-state index >= 15 is 0 Å². The van der Waals surface area contributed by atoms with Crippen molar-refractivity contribution in [3.63, 3.8) is 0 Å². The minimum absolute atomic E-state index is 0.204. The average molecular weight is 263 g/mol. The number of hydrogen-bond acceptors (Lipinski definition) is 2. The zero-order chi connectivity index (χ0) is 13.3. The van der Waals surface area contributed by atoms with E-state index in [1.165, 1.54) is 32.1 Å².